The number of hydrogen-bond donors (Lipinski definition) is 1. The Labute approximate surface area is 126 Å². The third-order valence-electron chi connectivity index (χ3n) is 4.21. The molecule has 2 atom stereocenters. The molecule has 2 aliphatic heterocycles. The standard InChI is InChI=1S/C17H25NOS/c1-2-9-18-15(6-1)11-14-5-3-7-16(12-14)19-17-8-4-10-20-13-17/h3,5,7,12,15,17-18H,1-2,4,6,8-11,13H2. The van der Waals surface area contributed by atoms with Gasteiger partial charge in [-0.2, -0.15) is 11.8 Å². The van der Waals surface area contributed by atoms with Crippen molar-refractivity contribution < 1.29 is 4.74 Å². The zero-order valence-corrected chi connectivity index (χ0v) is 13.0. The zero-order valence-electron chi connectivity index (χ0n) is 12.1. The summed E-state index contributed by atoms with van der Waals surface area (Å²) in [6, 6.07) is 9.39. The van der Waals surface area contributed by atoms with Crippen molar-refractivity contribution in [2.45, 2.75) is 50.7 Å². The number of hydrogen-bond acceptors (Lipinski definition) is 3. The first-order valence-corrected chi connectivity index (χ1v) is 9.12. The molecular weight excluding hydrogens is 266 g/mol. The molecule has 2 fully saturated rings. The van der Waals surface area contributed by atoms with Crippen molar-refractivity contribution in [1.29, 1.82) is 0 Å². The van der Waals surface area contributed by atoms with Gasteiger partial charge in [0.1, 0.15) is 11.9 Å². The van der Waals surface area contributed by atoms with Gasteiger partial charge in [0, 0.05) is 11.8 Å². The van der Waals surface area contributed by atoms with Crippen molar-refractivity contribution in [3.8, 4) is 5.75 Å². The van der Waals surface area contributed by atoms with Gasteiger partial charge in [0.25, 0.3) is 0 Å². The lowest BCUT2D eigenvalue weighted by Gasteiger charge is -2.25. The predicted octanol–water partition coefficient (Wildman–Crippen LogP) is 3.65. The molecule has 1 aromatic rings. The molecular formula is C17H25NOS. The number of rotatable bonds is 4. The average molecular weight is 291 g/mol. The van der Waals surface area contributed by atoms with E-state index in [0.29, 0.717) is 12.1 Å². The van der Waals surface area contributed by atoms with E-state index in [1.165, 1.54) is 50.0 Å². The molecule has 0 bridgehead atoms. The van der Waals surface area contributed by atoms with Gasteiger partial charge in [-0.1, -0.05) is 18.6 Å². The van der Waals surface area contributed by atoms with Crippen LogP contribution in [0.2, 0.25) is 0 Å². The van der Waals surface area contributed by atoms with E-state index in [1.807, 2.05) is 11.8 Å². The molecule has 2 aliphatic rings. The van der Waals surface area contributed by atoms with Crippen molar-refractivity contribution in [3.63, 3.8) is 0 Å². The molecule has 3 rings (SSSR count). The Kier molecular flexibility index (Phi) is 5.26. The van der Waals surface area contributed by atoms with Gasteiger partial charge >= 0.3 is 0 Å². The quantitative estimate of drug-likeness (QED) is 0.915. The summed E-state index contributed by atoms with van der Waals surface area (Å²) in [5, 5.41) is 3.62. The van der Waals surface area contributed by atoms with Crippen LogP contribution in [0.15, 0.2) is 24.3 Å². The highest BCUT2D eigenvalue weighted by Crippen LogP contribution is 2.24. The fourth-order valence-corrected chi connectivity index (χ4v) is 4.16. The fourth-order valence-electron chi connectivity index (χ4n) is 3.13. The molecule has 0 aliphatic carbocycles. The van der Waals surface area contributed by atoms with Crippen LogP contribution in [0.4, 0.5) is 0 Å². The van der Waals surface area contributed by atoms with Crippen LogP contribution >= 0.6 is 11.8 Å². The van der Waals surface area contributed by atoms with Gasteiger partial charge in [0.15, 0.2) is 0 Å². The van der Waals surface area contributed by atoms with E-state index in [0.717, 1.165) is 17.9 Å². The highest BCUT2D eigenvalue weighted by atomic mass is 32.2. The van der Waals surface area contributed by atoms with Gasteiger partial charge in [-0.3, -0.25) is 0 Å². The molecule has 0 amide bonds. The van der Waals surface area contributed by atoms with Crippen LogP contribution in [0.3, 0.4) is 0 Å². The van der Waals surface area contributed by atoms with Crippen molar-refractivity contribution in [3.05, 3.63) is 29.8 Å². The number of nitrogens with one attached hydrogen (secondary N) is 1. The summed E-state index contributed by atoms with van der Waals surface area (Å²) in [6.45, 7) is 1.18. The predicted molar refractivity (Wildman–Crippen MR) is 86.8 cm³/mol. The van der Waals surface area contributed by atoms with Crippen molar-refractivity contribution in [2.75, 3.05) is 18.1 Å². The minimum Gasteiger partial charge on any atom is -0.490 e. The van der Waals surface area contributed by atoms with Gasteiger partial charge in [-0.15, -0.1) is 0 Å². The maximum atomic E-state index is 6.14. The first-order chi connectivity index (χ1) is 9.90. The molecule has 2 saturated heterocycles. The molecule has 0 spiro atoms. The topological polar surface area (TPSA) is 21.3 Å². The molecule has 0 radical (unpaired) electrons. The molecule has 1 aromatic carbocycles. The Morgan fingerprint density at radius 1 is 1.20 bits per heavy atom. The Morgan fingerprint density at radius 3 is 3.00 bits per heavy atom. The lowest BCUT2D eigenvalue weighted by molar-refractivity contribution is 0.211. The summed E-state index contributed by atoms with van der Waals surface area (Å²) in [6.07, 6.45) is 8.06. The molecule has 2 nitrogen and oxygen atoms in total. The van der Waals surface area contributed by atoms with Gasteiger partial charge in [-0.25, -0.2) is 0 Å². The van der Waals surface area contributed by atoms with Gasteiger partial charge in [0.2, 0.25) is 0 Å². The Morgan fingerprint density at radius 2 is 2.20 bits per heavy atom. The van der Waals surface area contributed by atoms with Crippen LogP contribution in [0.5, 0.6) is 5.75 Å². The minimum absolute atomic E-state index is 0.414. The molecule has 2 heterocycles. The smallest absolute Gasteiger partial charge is 0.120 e. The molecule has 2 unspecified atom stereocenters. The third-order valence-corrected chi connectivity index (χ3v) is 5.40. The van der Waals surface area contributed by atoms with E-state index in [1.54, 1.807) is 0 Å². The van der Waals surface area contributed by atoms with Crippen LogP contribution < -0.4 is 10.1 Å². The number of ether oxygens (including phenoxy) is 1. The zero-order chi connectivity index (χ0) is 13.6. The Balaban J connectivity index is 1.57. The highest BCUT2D eigenvalue weighted by Gasteiger charge is 2.16. The molecule has 3 heteroatoms. The van der Waals surface area contributed by atoms with Crippen LogP contribution in [0.1, 0.15) is 37.7 Å². The summed E-state index contributed by atoms with van der Waals surface area (Å²) in [7, 11) is 0. The second-order valence-corrected chi connectivity index (χ2v) is 7.11. The van der Waals surface area contributed by atoms with E-state index in [2.05, 4.69) is 29.6 Å². The monoisotopic (exact) mass is 291 g/mol. The molecule has 20 heavy (non-hydrogen) atoms. The van der Waals surface area contributed by atoms with Crippen molar-refractivity contribution in [2.24, 2.45) is 0 Å². The van der Waals surface area contributed by atoms with Crippen LogP contribution in [-0.4, -0.2) is 30.2 Å². The number of benzene rings is 1. The molecule has 0 aromatic heterocycles. The van der Waals surface area contributed by atoms with E-state index < -0.39 is 0 Å². The lowest BCUT2D eigenvalue weighted by atomic mass is 9.98. The maximum Gasteiger partial charge on any atom is 0.120 e. The van der Waals surface area contributed by atoms with Gasteiger partial charge in [0.05, 0.1) is 0 Å². The van der Waals surface area contributed by atoms with E-state index in [9.17, 15) is 0 Å². The molecule has 110 valence electrons. The normalized spacial score (nSPS) is 27.2. The summed E-state index contributed by atoms with van der Waals surface area (Å²) < 4.78 is 6.14. The third kappa shape index (κ3) is 4.16. The highest BCUT2D eigenvalue weighted by molar-refractivity contribution is 7.99. The number of piperidine rings is 1. The second-order valence-electron chi connectivity index (χ2n) is 5.96. The minimum atomic E-state index is 0.414. The summed E-state index contributed by atoms with van der Waals surface area (Å²) in [5.74, 6) is 3.51. The fraction of sp³-hybridized carbons (Fsp3) is 0.647. The van der Waals surface area contributed by atoms with E-state index in [4.69, 9.17) is 4.74 Å². The molecule has 1 N–H and O–H groups in total. The summed E-state index contributed by atoms with van der Waals surface area (Å²) in [5.41, 5.74) is 1.41. The van der Waals surface area contributed by atoms with E-state index in [-0.39, 0.29) is 0 Å². The van der Waals surface area contributed by atoms with E-state index >= 15 is 0 Å². The largest absolute Gasteiger partial charge is 0.490 e. The molecule has 0 saturated carbocycles. The van der Waals surface area contributed by atoms with Gasteiger partial charge in [-0.05, 0) is 62.1 Å². The second kappa shape index (κ2) is 7.37. The van der Waals surface area contributed by atoms with Crippen molar-refractivity contribution >= 4 is 11.8 Å². The Bertz CT molecular complexity index is 376. The number of thioether (sulfide) groups is 1. The maximum absolute atomic E-state index is 6.14. The average Bonchev–Trinajstić information content (AvgIpc) is 2.50. The van der Waals surface area contributed by atoms with Crippen molar-refractivity contribution in [1.82, 2.24) is 5.32 Å². The van der Waals surface area contributed by atoms with Gasteiger partial charge < -0.3 is 10.1 Å². The van der Waals surface area contributed by atoms with Crippen LogP contribution in [0.25, 0.3) is 0 Å². The Hall–Kier alpha value is -0.670. The SMILES string of the molecule is c1cc(CC2CCCCN2)cc(OC2CCCSC2)c1. The lowest BCUT2D eigenvalue weighted by Crippen LogP contribution is -2.35. The van der Waals surface area contributed by atoms with Crippen LogP contribution in [0, 0.1) is 0 Å². The first-order valence-electron chi connectivity index (χ1n) is 7.97. The first kappa shape index (κ1) is 14.3. The van der Waals surface area contributed by atoms with Crippen LogP contribution in [-0.2, 0) is 6.42 Å². The summed E-state index contributed by atoms with van der Waals surface area (Å²) in [4.78, 5) is 0. The summed E-state index contributed by atoms with van der Waals surface area (Å²) >= 11 is 2.02.